The molecule has 0 heterocycles. The van der Waals surface area contributed by atoms with E-state index < -0.39 is 0 Å². The van der Waals surface area contributed by atoms with Gasteiger partial charge < -0.3 is 5.32 Å². The third-order valence-corrected chi connectivity index (χ3v) is 3.20. The minimum atomic E-state index is 0.0552. The van der Waals surface area contributed by atoms with E-state index in [1.165, 1.54) is 10.5 Å². The van der Waals surface area contributed by atoms with Crippen LogP contribution in [0.25, 0.3) is 0 Å². The first-order chi connectivity index (χ1) is 6.11. The van der Waals surface area contributed by atoms with E-state index in [9.17, 15) is 0 Å². The molecule has 1 rings (SSSR count). The number of hydrogen-bond donors (Lipinski definition) is 1. The second kappa shape index (κ2) is 4.16. The average Bonchev–Trinajstić information content (AvgIpc) is 2.18. The fraction of sp³-hybridized carbons (Fsp3) is 0.455. The molecular formula is C11H17NS. The summed E-state index contributed by atoms with van der Waals surface area (Å²) < 4.78 is 0. The van der Waals surface area contributed by atoms with Gasteiger partial charge in [-0.05, 0) is 38.8 Å². The van der Waals surface area contributed by atoms with E-state index in [4.69, 9.17) is 0 Å². The van der Waals surface area contributed by atoms with E-state index >= 15 is 0 Å². The van der Waals surface area contributed by atoms with Crippen LogP contribution in [0.5, 0.6) is 0 Å². The van der Waals surface area contributed by atoms with Crippen molar-refractivity contribution in [2.24, 2.45) is 0 Å². The van der Waals surface area contributed by atoms with Crippen LogP contribution in [0.2, 0.25) is 0 Å². The van der Waals surface area contributed by atoms with Gasteiger partial charge in [-0.15, -0.1) is 11.8 Å². The van der Waals surface area contributed by atoms with Crippen LogP contribution in [0.1, 0.15) is 19.4 Å². The fourth-order valence-electron chi connectivity index (χ4n) is 1.30. The Morgan fingerprint density at radius 3 is 2.38 bits per heavy atom. The number of hydrogen-bond acceptors (Lipinski definition) is 2. The molecule has 0 aliphatic carbocycles. The van der Waals surface area contributed by atoms with Crippen LogP contribution in [-0.2, 0) is 5.54 Å². The molecule has 0 saturated heterocycles. The highest BCUT2D eigenvalue weighted by molar-refractivity contribution is 7.98. The molecular weight excluding hydrogens is 178 g/mol. The van der Waals surface area contributed by atoms with Crippen molar-refractivity contribution in [3.05, 3.63) is 29.8 Å². The largest absolute Gasteiger partial charge is 0.311 e. The molecule has 0 aliphatic heterocycles. The molecule has 0 saturated carbocycles. The first-order valence-corrected chi connectivity index (χ1v) is 5.66. The summed E-state index contributed by atoms with van der Waals surface area (Å²) in [5.74, 6) is 0. The summed E-state index contributed by atoms with van der Waals surface area (Å²) in [5.41, 5.74) is 1.42. The Kier molecular flexibility index (Phi) is 3.40. The fourth-order valence-corrected chi connectivity index (χ4v) is 2.05. The lowest BCUT2D eigenvalue weighted by atomic mass is 9.95. The van der Waals surface area contributed by atoms with Crippen molar-refractivity contribution in [3.63, 3.8) is 0 Å². The molecule has 0 atom stereocenters. The molecule has 13 heavy (non-hydrogen) atoms. The van der Waals surface area contributed by atoms with E-state index in [1.54, 1.807) is 11.8 Å². The zero-order valence-corrected chi connectivity index (χ0v) is 9.53. The average molecular weight is 195 g/mol. The van der Waals surface area contributed by atoms with E-state index in [0.29, 0.717) is 0 Å². The molecule has 0 amide bonds. The van der Waals surface area contributed by atoms with Crippen LogP contribution in [-0.4, -0.2) is 13.3 Å². The third-order valence-electron chi connectivity index (χ3n) is 2.41. The quantitative estimate of drug-likeness (QED) is 0.744. The monoisotopic (exact) mass is 195 g/mol. The summed E-state index contributed by atoms with van der Waals surface area (Å²) in [7, 11) is 2.00. The van der Waals surface area contributed by atoms with E-state index in [-0.39, 0.29) is 5.54 Å². The highest BCUT2D eigenvalue weighted by Crippen LogP contribution is 2.29. The van der Waals surface area contributed by atoms with Gasteiger partial charge in [-0.25, -0.2) is 0 Å². The molecule has 2 heteroatoms. The first-order valence-electron chi connectivity index (χ1n) is 4.44. The summed E-state index contributed by atoms with van der Waals surface area (Å²) in [6.45, 7) is 4.39. The molecule has 1 aromatic rings. The Hall–Kier alpha value is -0.470. The van der Waals surface area contributed by atoms with Crippen molar-refractivity contribution in [1.82, 2.24) is 5.32 Å². The number of rotatable bonds is 3. The number of thioether (sulfide) groups is 1. The summed E-state index contributed by atoms with van der Waals surface area (Å²) in [5, 5.41) is 3.32. The van der Waals surface area contributed by atoms with E-state index in [2.05, 4.69) is 49.7 Å². The summed E-state index contributed by atoms with van der Waals surface area (Å²) in [6, 6.07) is 8.52. The number of nitrogens with one attached hydrogen (secondary N) is 1. The Morgan fingerprint density at radius 2 is 1.85 bits per heavy atom. The second-order valence-corrected chi connectivity index (χ2v) is 4.42. The van der Waals surface area contributed by atoms with Crippen LogP contribution in [0, 0.1) is 0 Å². The van der Waals surface area contributed by atoms with Gasteiger partial charge in [-0.1, -0.05) is 18.2 Å². The van der Waals surface area contributed by atoms with Crippen LogP contribution in [0.15, 0.2) is 29.2 Å². The van der Waals surface area contributed by atoms with Crippen LogP contribution >= 0.6 is 11.8 Å². The maximum Gasteiger partial charge on any atom is 0.0386 e. The Morgan fingerprint density at radius 1 is 1.23 bits per heavy atom. The summed E-state index contributed by atoms with van der Waals surface area (Å²) in [6.07, 6.45) is 2.12. The van der Waals surface area contributed by atoms with Gasteiger partial charge in [0.15, 0.2) is 0 Å². The minimum Gasteiger partial charge on any atom is -0.311 e. The molecule has 0 fully saturated rings. The van der Waals surface area contributed by atoms with Crippen molar-refractivity contribution in [2.75, 3.05) is 13.3 Å². The maximum absolute atomic E-state index is 3.32. The molecule has 0 spiro atoms. The van der Waals surface area contributed by atoms with E-state index in [1.807, 2.05) is 7.05 Å². The molecule has 0 bridgehead atoms. The predicted molar refractivity (Wildman–Crippen MR) is 60.3 cm³/mol. The van der Waals surface area contributed by atoms with Crippen LogP contribution in [0.4, 0.5) is 0 Å². The number of benzene rings is 1. The highest BCUT2D eigenvalue weighted by Gasteiger charge is 2.20. The zero-order valence-electron chi connectivity index (χ0n) is 8.72. The first kappa shape index (κ1) is 10.6. The molecule has 0 unspecified atom stereocenters. The lowest BCUT2D eigenvalue weighted by molar-refractivity contribution is 0.437. The lowest BCUT2D eigenvalue weighted by Crippen LogP contribution is -2.33. The van der Waals surface area contributed by atoms with Gasteiger partial charge in [0.25, 0.3) is 0 Å². The Bertz CT molecular complexity index is 281. The summed E-state index contributed by atoms with van der Waals surface area (Å²) in [4.78, 5) is 1.35. The smallest absolute Gasteiger partial charge is 0.0386 e. The molecule has 1 N–H and O–H groups in total. The molecule has 0 aromatic heterocycles. The van der Waals surface area contributed by atoms with Crippen molar-refractivity contribution in [3.8, 4) is 0 Å². The Labute approximate surface area is 84.9 Å². The topological polar surface area (TPSA) is 12.0 Å². The van der Waals surface area contributed by atoms with Crippen LogP contribution < -0.4 is 5.32 Å². The van der Waals surface area contributed by atoms with Crippen molar-refractivity contribution < 1.29 is 0 Å². The maximum atomic E-state index is 3.32. The van der Waals surface area contributed by atoms with Crippen LogP contribution in [0.3, 0.4) is 0 Å². The van der Waals surface area contributed by atoms with Gasteiger partial charge in [0.05, 0.1) is 0 Å². The van der Waals surface area contributed by atoms with Gasteiger partial charge in [0, 0.05) is 10.4 Å². The molecule has 0 radical (unpaired) electrons. The standard InChI is InChI=1S/C11H17NS/c1-11(2,12-3)9-7-5-6-8-10(9)13-4/h5-8,12H,1-4H3. The van der Waals surface area contributed by atoms with Crippen molar-refractivity contribution in [1.29, 1.82) is 0 Å². The molecule has 1 aromatic carbocycles. The SMILES string of the molecule is CNC(C)(C)c1ccccc1SC. The van der Waals surface area contributed by atoms with E-state index in [0.717, 1.165) is 0 Å². The molecule has 1 nitrogen and oxygen atoms in total. The van der Waals surface area contributed by atoms with Crippen molar-refractivity contribution in [2.45, 2.75) is 24.3 Å². The predicted octanol–water partition coefficient (Wildman–Crippen LogP) is 2.86. The van der Waals surface area contributed by atoms with Gasteiger partial charge in [0.2, 0.25) is 0 Å². The minimum absolute atomic E-state index is 0.0552. The molecule has 0 aliphatic rings. The lowest BCUT2D eigenvalue weighted by Gasteiger charge is -2.26. The Balaban J connectivity index is 3.12. The third kappa shape index (κ3) is 2.26. The van der Waals surface area contributed by atoms with Gasteiger partial charge in [0.1, 0.15) is 0 Å². The van der Waals surface area contributed by atoms with Gasteiger partial charge in [-0.2, -0.15) is 0 Å². The molecule has 72 valence electrons. The van der Waals surface area contributed by atoms with Crippen molar-refractivity contribution >= 4 is 11.8 Å². The van der Waals surface area contributed by atoms with Gasteiger partial charge >= 0.3 is 0 Å². The zero-order chi connectivity index (χ0) is 9.90. The second-order valence-electron chi connectivity index (χ2n) is 3.58. The summed E-state index contributed by atoms with van der Waals surface area (Å²) >= 11 is 1.80. The highest BCUT2D eigenvalue weighted by atomic mass is 32.2. The normalized spacial score (nSPS) is 11.7. The van der Waals surface area contributed by atoms with Gasteiger partial charge in [-0.3, -0.25) is 0 Å².